The highest BCUT2D eigenvalue weighted by atomic mass is 35.5. The van der Waals surface area contributed by atoms with Crippen molar-refractivity contribution in [2.45, 2.75) is 10.6 Å². The number of non-ortho nitro benzene ring substituents is 1. The standard InChI is InChI=1S/C12H9ClN2O2S/c13-12-2-1-10(15(16)17)7-9(12)8-18-11-3-5-14-6-4-11/h1-7H,8H2. The van der Waals surface area contributed by atoms with Crippen LogP contribution < -0.4 is 0 Å². The number of nitro benzene ring substituents is 1. The second-order valence-electron chi connectivity index (χ2n) is 3.50. The summed E-state index contributed by atoms with van der Waals surface area (Å²) in [5.41, 5.74) is 0.817. The van der Waals surface area contributed by atoms with E-state index < -0.39 is 4.92 Å². The van der Waals surface area contributed by atoms with E-state index >= 15 is 0 Å². The molecule has 0 radical (unpaired) electrons. The summed E-state index contributed by atoms with van der Waals surface area (Å²) in [4.78, 5) is 15.2. The SMILES string of the molecule is O=[N+]([O-])c1ccc(Cl)c(CSc2ccncc2)c1. The van der Waals surface area contributed by atoms with Crippen molar-refractivity contribution in [2.24, 2.45) is 0 Å². The Bertz CT molecular complexity index is 563. The zero-order valence-electron chi connectivity index (χ0n) is 9.25. The second kappa shape index (κ2) is 5.84. The van der Waals surface area contributed by atoms with Gasteiger partial charge in [0, 0.05) is 40.2 Å². The van der Waals surface area contributed by atoms with Gasteiger partial charge in [-0.25, -0.2) is 0 Å². The number of rotatable bonds is 4. The average Bonchev–Trinajstić information content (AvgIpc) is 2.38. The summed E-state index contributed by atoms with van der Waals surface area (Å²) in [7, 11) is 0. The number of pyridine rings is 1. The molecule has 1 aromatic carbocycles. The van der Waals surface area contributed by atoms with Crippen molar-refractivity contribution in [1.82, 2.24) is 4.98 Å². The summed E-state index contributed by atoms with van der Waals surface area (Å²) >= 11 is 7.58. The molecule has 92 valence electrons. The van der Waals surface area contributed by atoms with Crippen molar-refractivity contribution in [3.05, 3.63) is 63.4 Å². The quantitative estimate of drug-likeness (QED) is 0.484. The molecule has 1 heterocycles. The highest BCUT2D eigenvalue weighted by molar-refractivity contribution is 7.98. The van der Waals surface area contributed by atoms with Crippen LogP contribution in [0.5, 0.6) is 0 Å². The third-order valence-corrected chi connectivity index (χ3v) is 3.71. The van der Waals surface area contributed by atoms with Crippen LogP contribution in [0.4, 0.5) is 5.69 Å². The molecule has 0 spiro atoms. The van der Waals surface area contributed by atoms with Gasteiger partial charge < -0.3 is 0 Å². The lowest BCUT2D eigenvalue weighted by Crippen LogP contribution is -1.90. The Morgan fingerprint density at radius 1 is 1.28 bits per heavy atom. The molecule has 1 aromatic heterocycles. The maximum absolute atomic E-state index is 10.7. The van der Waals surface area contributed by atoms with Crippen LogP contribution in [0.1, 0.15) is 5.56 Å². The topological polar surface area (TPSA) is 56.0 Å². The number of nitrogens with zero attached hydrogens (tertiary/aromatic N) is 2. The van der Waals surface area contributed by atoms with Gasteiger partial charge in [0.2, 0.25) is 0 Å². The zero-order chi connectivity index (χ0) is 13.0. The summed E-state index contributed by atoms with van der Waals surface area (Å²) < 4.78 is 0. The molecule has 0 bridgehead atoms. The van der Waals surface area contributed by atoms with E-state index in [0.29, 0.717) is 10.8 Å². The van der Waals surface area contributed by atoms with Gasteiger partial charge in [0.25, 0.3) is 5.69 Å². The molecule has 0 aliphatic rings. The minimum Gasteiger partial charge on any atom is -0.265 e. The first-order valence-corrected chi connectivity index (χ1v) is 6.49. The smallest absolute Gasteiger partial charge is 0.265 e. The van der Waals surface area contributed by atoms with E-state index in [-0.39, 0.29) is 5.69 Å². The third-order valence-electron chi connectivity index (χ3n) is 2.28. The van der Waals surface area contributed by atoms with Crippen LogP contribution in [0.3, 0.4) is 0 Å². The number of thioether (sulfide) groups is 1. The van der Waals surface area contributed by atoms with E-state index in [2.05, 4.69) is 4.98 Å². The molecule has 18 heavy (non-hydrogen) atoms. The maximum atomic E-state index is 10.7. The normalized spacial score (nSPS) is 10.3. The van der Waals surface area contributed by atoms with E-state index in [9.17, 15) is 10.1 Å². The van der Waals surface area contributed by atoms with Crippen molar-refractivity contribution in [2.75, 3.05) is 0 Å². The van der Waals surface area contributed by atoms with E-state index in [1.165, 1.54) is 12.1 Å². The van der Waals surface area contributed by atoms with Crippen LogP contribution in [0.2, 0.25) is 5.02 Å². The predicted molar refractivity (Wildman–Crippen MR) is 71.9 cm³/mol. The van der Waals surface area contributed by atoms with Crippen LogP contribution in [0.15, 0.2) is 47.6 Å². The average molecular weight is 281 g/mol. The number of aromatic nitrogens is 1. The molecule has 0 amide bonds. The molecular formula is C12H9ClN2O2S. The molecule has 6 heteroatoms. The molecule has 2 aromatic rings. The first-order valence-electron chi connectivity index (χ1n) is 5.12. The summed E-state index contributed by atoms with van der Waals surface area (Å²) in [6, 6.07) is 8.24. The van der Waals surface area contributed by atoms with Gasteiger partial charge in [-0.05, 0) is 23.8 Å². The molecule has 2 rings (SSSR count). The summed E-state index contributed by atoms with van der Waals surface area (Å²) in [5, 5.41) is 11.2. The zero-order valence-corrected chi connectivity index (χ0v) is 10.8. The molecule has 0 N–H and O–H groups in total. The fraction of sp³-hybridized carbons (Fsp3) is 0.0833. The van der Waals surface area contributed by atoms with Gasteiger partial charge in [-0.1, -0.05) is 11.6 Å². The Kier molecular flexibility index (Phi) is 4.17. The molecular weight excluding hydrogens is 272 g/mol. The lowest BCUT2D eigenvalue weighted by Gasteiger charge is -2.04. The Morgan fingerprint density at radius 2 is 2.00 bits per heavy atom. The second-order valence-corrected chi connectivity index (χ2v) is 4.96. The maximum Gasteiger partial charge on any atom is 0.269 e. The monoisotopic (exact) mass is 280 g/mol. The molecule has 0 atom stereocenters. The number of hydrogen-bond acceptors (Lipinski definition) is 4. The summed E-state index contributed by atoms with van der Waals surface area (Å²) in [6.07, 6.45) is 3.41. The largest absolute Gasteiger partial charge is 0.269 e. The third kappa shape index (κ3) is 3.21. The van der Waals surface area contributed by atoms with Crippen molar-refractivity contribution in [3.63, 3.8) is 0 Å². The van der Waals surface area contributed by atoms with Crippen molar-refractivity contribution < 1.29 is 4.92 Å². The molecule has 0 unspecified atom stereocenters. The van der Waals surface area contributed by atoms with Crippen LogP contribution >= 0.6 is 23.4 Å². The van der Waals surface area contributed by atoms with Gasteiger partial charge in [0.1, 0.15) is 0 Å². The van der Waals surface area contributed by atoms with Gasteiger partial charge in [-0.2, -0.15) is 0 Å². The van der Waals surface area contributed by atoms with Gasteiger partial charge in [0.05, 0.1) is 4.92 Å². The van der Waals surface area contributed by atoms with Crippen molar-refractivity contribution in [1.29, 1.82) is 0 Å². The van der Waals surface area contributed by atoms with Crippen LogP contribution in [0, 0.1) is 10.1 Å². The van der Waals surface area contributed by atoms with E-state index in [1.807, 2.05) is 12.1 Å². The van der Waals surface area contributed by atoms with Gasteiger partial charge in [-0.3, -0.25) is 15.1 Å². The summed E-state index contributed by atoms with van der Waals surface area (Å²) in [6.45, 7) is 0. The molecule has 0 aliphatic carbocycles. The van der Waals surface area contributed by atoms with Crippen LogP contribution in [-0.2, 0) is 5.75 Å². The number of halogens is 1. The molecule has 0 fully saturated rings. The van der Waals surface area contributed by atoms with Crippen LogP contribution in [0.25, 0.3) is 0 Å². The van der Waals surface area contributed by atoms with Crippen molar-refractivity contribution in [3.8, 4) is 0 Å². The Balaban J connectivity index is 2.14. The minimum atomic E-state index is -0.420. The van der Waals surface area contributed by atoms with Crippen LogP contribution in [-0.4, -0.2) is 9.91 Å². The molecule has 0 saturated heterocycles. The predicted octanol–water partition coefficient (Wildman–Crippen LogP) is 3.94. The molecule has 4 nitrogen and oxygen atoms in total. The lowest BCUT2D eigenvalue weighted by atomic mass is 10.2. The Morgan fingerprint density at radius 3 is 2.67 bits per heavy atom. The van der Waals surface area contributed by atoms with Gasteiger partial charge in [-0.15, -0.1) is 11.8 Å². The fourth-order valence-corrected chi connectivity index (χ4v) is 2.52. The Hall–Kier alpha value is -1.59. The minimum absolute atomic E-state index is 0.0599. The lowest BCUT2D eigenvalue weighted by molar-refractivity contribution is -0.384. The first kappa shape index (κ1) is 12.9. The highest BCUT2D eigenvalue weighted by Crippen LogP contribution is 2.28. The number of hydrogen-bond donors (Lipinski definition) is 0. The highest BCUT2D eigenvalue weighted by Gasteiger charge is 2.09. The number of nitro groups is 1. The summed E-state index contributed by atoms with van der Waals surface area (Å²) in [5.74, 6) is 0.588. The van der Waals surface area contributed by atoms with E-state index in [4.69, 9.17) is 11.6 Å². The Labute approximate surface area is 113 Å². The number of benzene rings is 1. The van der Waals surface area contributed by atoms with Crippen molar-refractivity contribution >= 4 is 29.1 Å². The van der Waals surface area contributed by atoms with E-state index in [1.54, 1.807) is 30.2 Å². The fourth-order valence-electron chi connectivity index (χ4n) is 1.38. The van der Waals surface area contributed by atoms with Gasteiger partial charge >= 0.3 is 0 Å². The molecule has 0 saturated carbocycles. The van der Waals surface area contributed by atoms with E-state index in [0.717, 1.165) is 10.5 Å². The first-order chi connectivity index (χ1) is 8.66. The van der Waals surface area contributed by atoms with Gasteiger partial charge in [0.15, 0.2) is 0 Å². The molecule has 0 aliphatic heterocycles.